The van der Waals surface area contributed by atoms with Gasteiger partial charge in [0, 0.05) is 10.7 Å². The lowest BCUT2D eigenvalue weighted by atomic mass is 10.3. The number of amides is 2. The van der Waals surface area contributed by atoms with E-state index in [1.165, 1.54) is 17.6 Å². The van der Waals surface area contributed by atoms with Gasteiger partial charge in [-0.3, -0.25) is 9.59 Å². The first-order valence-electron chi connectivity index (χ1n) is 6.63. The average molecular weight is 347 g/mol. The highest BCUT2D eigenvalue weighted by molar-refractivity contribution is 7.18. The number of nitrogens with one attached hydrogen (secondary N) is 2. The Labute approximate surface area is 140 Å². The Morgan fingerprint density at radius 1 is 0.957 bits per heavy atom. The molecule has 5 nitrogen and oxygen atoms in total. The van der Waals surface area contributed by atoms with Gasteiger partial charge in [0.2, 0.25) is 0 Å². The summed E-state index contributed by atoms with van der Waals surface area (Å²) in [7, 11) is 0. The zero-order valence-corrected chi connectivity index (χ0v) is 13.3. The number of thiophene rings is 1. The van der Waals surface area contributed by atoms with Crippen molar-refractivity contribution in [3.8, 4) is 0 Å². The van der Waals surface area contributed by atoms with Crippen molar-refractivity contribution in [2.75, 3.05) is 10.6 Å². The smallest absolute Gasteiger partial charge is 0.291 e. The second kappa shape index (κ2) is 6.68. The summed E-state index contributed by atoms with van der Waals surface area (Å²) in [5.41, 5.74) is 0.647. The molecule has 3 aromatic rings. The summed E-state index contributed by atoms with van der Waals surface area (Å²) in [4.78, 5) is 24.5. The fraction of sp³-hybridized carbons (Fsp3) is 0. The molecule has 0 aliphatic heterocycles. The van der Waals surface area contributed by atoms with Crippen LogP contribution in [0, 0.1) is 0 Å². The van der Waals surface area contributed by atoms with Gasteiger partial charge in [-0.15, -0.1) is 11.3 Å². The molecule has 0 atom stereocenters. The van der Waals surface area contributed by atoms with Crippen LogP contribution in [0.4, 0.5) is 10.7 Å². The number of halogens is 1. The van der Waals surface area contributed by atoms with E-state index in [2.05, 4.69) is 10.6 Å². The summed E-state index contributed by atoms with van der Waals surface area (Å²) >= 11 is 6.98. The Morgan fingerprint density at radius 2 is 1.74 bits per heavy atom. The Bertz CT molecular complexity index is 825. The standard InChI is InChI=1S/C16H11ClN2O3S/c17-10-3-5-11(6-4-10)18-16(21)13-7-8-14(23-13)19-15(20)12-2-1-9-22-12/h1-9H,(H,18,21)(H,19,20). The molecule has 23 heavy (non-hydrogen) atoms. The van der Waals surface area contributed by atoms with Gasteiger partial charge >= 0.3 is 0 Å². The third-order valence-electron chi connectivity index (χ3n) is 2.91. The molecule has 2 N–H and O–H groups in total. The van der Waals surface area contributed by atoms with Gasteiger partial charge in [-0.1, -0.05) is 11.6 Å². The van der Waals surface area contributed by atoms with E-state index in [-0.39, 0.29) is 17.6 Å². The fourth-order valence-electron chi connectivity index (χ4n) is 1.83. The van der Waals surface area contributed by atoms with Gasteiger partial charge in [0.05, 0.1) is 16.1 Å². The first-order valence-corrected chi connectivity index (χ1v) is 7.83. The molecule has 2 amide bonds. The number of hydrogen-bond donors (Lipinski definition) is 2. The molecule has 0 aliphatic rings. The number of anilines is 2. The van der Waals surface area contributed by atoms with Crippen molar-refractivity contribution in [1.82, 2.24) is 0 Å². The van der Waals surface area contributed by atoms with Crippen LogP contribution in [0.5, 0.6) is 0 Å². The quantitative estimate of drug-likeness (QED) is 0.730. The van der Waals surface area contributed by atoms with Gasteiger partial charge < -0.3 is 15.1 Å². The lowest BCUT2D eigenvalue weighted by Crippen LogP contribution is -2.10. The largest absolute Gasteiger partial charge is 0.459 e. The molecule has 2 aromatic heterocycles. The summed E-state index contributed by atoms with van der Waals surface area (Å²) in [5, 5.41) is 6.60. The van der Waals surface area contributed by atoms with Gasteiger partial charge in [0.25, 0.3) is 11.8 Å². The lowest BCUT2D eigenvalue weighted by molar-refractivity contribution is 0.0995. The summed E-state index contributed by atoms with van der Waals surface area (Å²) < 4.78 is 5.01. The van der Waals surface area contributed by atoms with Gasteiger partial charge in [-0.25, -0.2) is 0 Å². The van der Waals surface area contributed by atoms with E-state index in [0.717, 1.165) is 0 Å². The third-order valence-corrected chi connectivity index (χ3v) is 4.17. The normalized spacial score (nSPS) is 10.3. The molecular weight excluding hydrogens is 336 g/mol. The number of carbonyl (C=O) groups excluding carboxylic acids is 2. The Hall–Kier alpha value is -2.57. The highest BCUT2D eigenvalue weighted by Gasteiger charge is 2.13. The highest BCUT2D eigenvalue weighted by atomic mass is 35.5. The van der Waals surface area contributed by atoms with Crippen LogP contribution in [0.15, 0.2) is 59.2 Å². The van der Waals surface area contributed by atoms with Crippen LogP contribution in [0.1, 0.15) is 20.2 Å². The van der Waals surface area contributed by atoms with Gasteiger partial charge in [-0.2, -0.15) is 0 Å². The minimum atomic E-state index is -0.360. The predicted molar refractivity (Wildman–Crippen MR) is 90.4 cm³/mol. The Balaban J connectivity index is 1.65. The lowest BCUT2D eigenvalue weighted by Gasteiger charge is -2.03. The van der Waals surface area contributed by atoms with Crippen molar-refractivity contribution in [3.63, 3.8) is 0 Å². The number of carbonyl (C=O) groups is 2. The first-order chi connectivity index (χ1) is 11.1. The molecule has 0 bridgehead atoms. The number of rotatable bonds is 4. The maximum Gasteiger partial charge on any atom is 0.291 e. The highest BCUT2D eigenvalue weighted by Crippen LogP contribution is 2.24. The molecule has 116 valence electrons. The van der Waals surface area contributed by atoms with Gasteiger partial charge in [0.15, 0.2) is 5.76 Å². The zero-order chi connectivity index (χ0) is 16.2. The molecule has 0 saturated carbocycles. The summed E-state index contributed by atoms with van der Waals surface area (Å²) in [6.07, 6.45) is 1.42. The summed E-state index contributed by atoms with van der Waals surface area (Å²) in [5.74, 6) is -0.400. The maximum absolute atomic E-state index is 12.2. The van der Waals surface area contributed by atoms with Crippen LogP contribution in [-0.4, -0.2) is 11.8 Å². The SMILES string of the molecule is O=C(Nc1ccc(C(=O)Nc2ccc(Cl)cc2)s1)c1ccco1. The van der Waals surface area contributed by atoms with Crippen LogP contribution in [-0.2, 0) is 0 Å². The van der Waals surface area contributed by atoms with E-state index < -0.39 is 0 Å². The number of benzene rings is 1. The van der Waals surface area contributed by atoms with Crippen molar-refractivity contribution < 1.29 is 14.0 Å². The summed E-state index contributed by atoms with van der Waals surface area (Å²) in [6.45, 7) is 0. The second-order valence-electron chi connectivity index (χ2n) is 4.56. The molecule has 3 rings (SSSR count). The Morgan fingerprint density at radius 3 is 2.43 bits per heavy atom. The topological polar surface area (TPSA) is 71.3 Å². The van der Waals surface area contributed by atoms with Crippen LogP contribution < -0.4 is 10.6 Å². The first kappa shape index (κ1) is 15.3. The zero-order valence-electron chi connectivity index (χ0n) is 11.7. The van der Waals surface area contributed by atoms with E-state index in [4.69, 9.17) is 16.0 Å². The molecule has 0 spiro atoms. The molecule has 0 saturated heterocycles. The van der Waals surface area contributed by atoms with Crippen LogP contribution in [0.3, 0.4) is 0 Å². The minimum Gasteiger partial charge on any atom is -0.459 e. The fourth-order valence-corrected chi connectivity index (χ4v) is 2.76. The molecule has 0 radical (unpaired) electrons. The van der Waals surface area contributed by atoms with E-state index in [0.29, 0.717) is 20.6 Å². The molecule has 0 fully saturated rings. The van der Waals surface area contributed by atoms with E-state index in [1.54, 1.807) is 48.5 Å². The molecule has 0 aliphatic carbocycles. The van der Waals surface area contributed by atoms with E-state index in [9.17, 15) is 9.59 Å². The molecule has 7 heteroatoms. The Kier molecular flexibility index (Phi) is 4.45. The summed E-state index contributed by atoms with van der Waals surface area (Å²) in [6, 6.07) is 13.3. The molecule has 0 unspecified atom stereocenters. The van der Waals surface area contributed by atoms with Crippen molar-refractivity contribution in [3.05, 3.63) is 70.5 Å². The van der Waals surface area contributed by atoms with E-state index in [1.807, 2.05) is 0 Å². The maximum atomic E-state index is 12.2. The van der Waals surface area contributed by atoms with Crippen molar-refractivity contribution >= 4 is 45.4 Å². The van der Waals surface area contributed by atoms with Crippen molar-refractivity contribution in [2.45, 2.75) is 0 Å². The third kappa shape index (κ3) is 3.80. The van der Waals surface area contributed by atoms with E-state index >= 15 is 0 Å². The second-order valence-corrected chi connectivity index (χ2v) is 6.08. The van der Waals surface area contributed by atoms with Crippen molar-refractivity contribution in [1.29, 1.82) is 0 Å². The molecule has 2 heterocycles. The number of hydrogen-bond acceptors (Lipinski definition) is 4. The number of furan rings is 1. The molecular formula is C16H11ClN2O3S. The average Bonchev–Trinajstić information content (AvgIpc) is 3.20. The van der Waals surface area contributed by atoms with Gasteiger partial charge in [-0.05, 0) is 48.5 Å². The monoisotopic (exact) mass is 346 g/mol. The van der Waals surface area contributed by atoms with Gasteiger partial charge in [0.1, 0.15) is 0 Å². The molecule has 1 aromatic carbocycles. The van der Waals surface area contributed by atoms with Crippen LogP contribution in [0.2, 0.25) is 5.02 Å². The predicted octanol–water partition coefficient (Wildman–Crippen LogP) is 4.50. The minimum absolute atomic E-state index is 0.213. The van der Waals surface area contributed by atoms with Crippen LogP contribution >= 0.6 is 22.9 Å². The van der Waals surface area contributed by atoms with Crippen LogP contribution in [0.25, 0.3) is 0 Å². The van der Waals surface area contributed by atoms with Crippen molar-refractivity contribution in [2.24, 2.45) is 0 Å².